The summed E-state index contributed by atoms with van der Waals surface area (Å²) in [5, 5.41) is 36.8. The number of benzene rings is 2. The summed E-state index contributed by atoms with van der Waals surface area (Å²) < 4.78 is 0. The van der Waals surface area contributed by atoms with Crippen molar-refractivity contribution in [2.45, 2.75) is 63.7 Å². The predicted octanol–water partition coefficient (Wildman–Crippen LogP) is 1.05. The number of aromatic amines is 1. The summed E-state index contributed by atoms with van der Waals surface area (Å²) >= 11 is 0. The van der Waals surface area contributed by atoms with Crippen LogP contribution in [0.4, 0.5) is 0 Å². The number of carbonyl (C=O) groups is 5. The molecule has 4 unspecified atom stereocenters. The average Bonchev–Trinajstić information content (AvgIpc) is 3.35. The van der Waals surface area contributed by atoms with Gasteiger partial charge in [0.05, 0.1) is 12.5 Å². The quantitative estimate of drug-likeness (QED) is 0.125. The van der Waals surface area contributed by atoms with E-state index in [-0.39, 0.29) is 30.9 Å². The Balaban J connectivity index is 1.77. The van der Waals surface area contributed by atoms with Gasteiger partial charge in [-0.2, -0.15) is 0 Å². The summed E-state index contributed by atoms with van der Waals surface area (Å²) in [6.07, 6.45) is 1.05. The van der Waals surface area contributed by atoms with E-state index in [2.05, 4.69) is 20.9 Å². The van der Waals surface area contributed by atoms with Gasteiger partial charge in [-0.05, 0) is 48.1 Å². The number of hydrogen-bond acceptors (Lipinski definition) is 7. The molecule has 3 amide bonds. The third-order valence-electron chi connectivity index (χ3n) is 6.79. The molecule has 13 nitrogen and oxygen atoms in total. The van der Waals surface area contributed by atoms with Crippen molar-refractivity contribution in [3.05, 3.63) is 65.9 Å². The van der Waals surface area contributed by atoms with Gasteiger partial charge in [0.2, 0.25) is 17.7 Å². The maximum Gasteiger partial charge on any atom is 0.326 e. The molecule has 230 valence electrons. The second kappa shape index (κ2) is 14.8. The number of aromatic nitrogens is 1. The number of amides is 3. The number of aliphatic carboxylic acids is 2. The molecule has 0 aliphatic heterocycles. The van der Waals surface area contributed by atoms with Gasteiger partial charge in [0.25, 0.3) is 0 Å². The lowest BCUT2D eigenvalue weighted by Crippen LogP contribution is -2.58. The van der Waals surface area contributed by atoms with Crippen LogP contribution in [0.1, 0.15) is 37.8 Å². The Morgan fingerprint density at radius 2 is 1.42 bits per heavy atom. The van der Waals surface area contributed by atoms with E-state index >= 15 is 0 Å². The van der Waals surface area contributed by atoms with Gasteiger partial charge in [-0.25, -0.2) is 4.79 Å². The zero-order valence-electron chi connectivity index (χ0n) is 23.9. The molecular weight excluding hydrogens is 558 g/mol. The number of H-pyrrole nitrogens is 1. The monoisotopic (exact) mass is 595 g/mol. The number of carboxylic acids is 2. The molecule has 43 heavy (non-hydrogen) atoms. The summed E-state index contributed by atoms with van der Waals surface area (Å²) in [4.78, 5) is 66.0. The van der Waals surface area contributed by atoms with Crippen molar-refractivity contribution in [3.8, 4) is 5.75 Å². The number of nitrogens with two attached hydrogens (primary N) is 1. The van der Waals surface area contributed by atoms with E-state index in [0.717, 1.165) is 16.5 Å². The van der Waals surface area contributed by atoms with Crippen molar-refractivity contribution in [2.24, 2.45) is 11.7 Å². The summed E-state index contributed by atoms with van der Waals surface area (Å²) in [6.45, 7) is 3.58. The van der Waals surface area contributed by atoms with Crippen LogP contribution in [0.2, 0.25) is 0 Å². The van der Waals surface area contributed by atoms with Crippen molar-refractivity contribution in [3.63, 3.8) is 0 Å². The molecule has 0 saturated heterocycles. The average molecular weight is 596 g/mol. The van der Waals surface area contributed by atoms with Gasteiger partial charge in [0, 0.05) is 23.5 Å². The fraction of sp³-hybridized carbons (Fsp3) is 0.367. The van der Waals surface area contributed by atoms with Crippen molar-refractivity contribution in [2.75, 3.05) is 0 Å². The second-order valence-corrected chi connectivity index (χ2v) is 10.8. The second-order valence-electron chi connectivity index (χ2n) is 10.8. The van der Waals surface area contributed by atoms with E-state index < -0.39 is 60.2 Å². The SMILES string of the molecule is CC(C)CC(NC(=O)C(Cc1ccc(O)cc1)NC(=O)C(CC(=O)O)NC(=O)C(N)Cc1c[nH]c2ccccc12)C(=O)O. The van der Waals surface area contributed by atoms with Gasteiger partial charge < -0.3 is 42.0 Å². The van der Waals surface area contributed by atoms with Crippen LogP contribution >= 0.6 is 0 Å². The molecule has 0 bridgehead atoms. The number of hydrogen-bond donors (Lipinski definition) is 8. The van der Waals surface area contributed by atoms with Crippen molar-refractivity contribution < 1.29 is 39.3 Å². The molecule has 9 N–H and O–H groups in total. The van der Waals surface area contributed by atoms with Crippen LogP contribution in [0.3, 0.4) is 0 Å². The third-order valence-corrected chi connectivity index (χ3v) is 6.79. The summed E-state index contributed by atoms with van der Waals surface area (Å²) in [7, 11) is 0. The van der Waals surface area contributed by atoms with Crippen LogP contribution < -0.4 is 21.7 Å². The van der Waals surface area contributed by atoms with Gasteiger partial charge in [-0.15, -0.1) is 0 Å². The first kappa shape index (κ1) is 32.6. The highest BCUT2D eigenvalue weighted by atomic mass is 16.4. The fourth-order valence-corrected chi connectivity index (χ4v) is 4.61. The molecule has 0 radical (unpaired) electrons. The van der Waals surface area contributed by atoms with Gasteiger partial charge in [0.1, 0.15) is 23.9 Å². The molecule has 0 aliphatic rings. The topological polar surface area (TPSA) is 224 Å². The molecule has 3 rings (SSSR count). The van der Waals surface area contributed by atoms with E-state index in [9.17, 15) is 39.3 Å². The van der Waals surface area contributed by atoms with Crippen LogP contribution in [0.25, 0.3) is 10.9 Å². The first-order valence-electron chi connectivity index (χ1n) is 13.8. The molecule has 0 fully saturated rings. The normalized spacial score (nSPS) is 14.0. The van der Waals surface area contributed by atoms with Crippen molar-refractivity contribution >= 4 is 40.6 Å². The Kier molecular flexibility index (Phi) is 11.2. The molecule has 1 heterocycles. The molecular formula is C30H37N5O8. The minimum absolute atomic E-state index is 0.0233. The first-order valence-corrected chi connectivity index (χ1v) is 13.8. The minimum atomic E-state index is -1.58. The highest BCUT2D eigenvalue weighted by Crippen LogP contribution is 2.19. The fourth-order valence-electron chi connectivity index (χ4n) is 4.61. The summed E-state index contributed by atoms with van der Waals surface area (Å²) in [5.74, 6) is -5.27. The number of rotatable bonds is 15. The number of nitrogens with one attached hydrogen (secondary N) is 4. The molecule has 2 aromatic carbocycles. The molecule has 0 aliphatic carbocycles. The van der Waals surface area contributed by atoms with Crippen LogP contribution in [-0.2, 0) is 36.8 Å². The minimum Gasteiger partial charge on any atom is -0.508 e. The number of carbonyl (C=O) groups excluding carboxylic acids is 3. The largest absolute Gasteiger partial charge is 0.508 e. The molecule has 4 atom stereocenters. The van der Waals surface area contributed by atoms with Crippen LogP contribution in [0.15, 0.2) is 54.7 Å². The lowest BCUT2D eigenvalue weighted by atomic mass is 10.0. The van der Waals surface area contributed by atoms with E-state index in [1.165, 1.54) is 24.3 Å². The van der Waals surface area contributed by atoms with E-state index in [0.29, 0.717) is 5.56 Å². The zero-order chi connectivity index (χ0) is 31.7. The van der Waals surface area contributed by atoms with Gasteiger partial charge >= 0.3 is 11.9 Å². The number of fused-ring (bicyclic) bond motifs is 1. The Morgan fingerprint density at radius 1 is 0.814 bits per heavy atom. The zero-order valence-corrected chi connectivity index (χ0v) is 23.9. The smallest absolute Gasteiger partial charge is 0.326 e. The number of aromatic hydroxyl groups is 1. The van der Waals surface area contributed by atoms with Crippen LogP contribution in [-0.4, -0.2) is 74.1 Å². The first-order chi connectivity index (χ1) is 20.3. The highest BCUT2D eigenvalue weighted by molar-refractivity contribution is 5.96. The lowest BCUT2D eigenvalue weighted by Gasteiger charge is -2.25. The molecule has 0 spiro atoms. The molecule has 13 heteroatoms. The van der Waals surface area contributed by atoms with E-state index in [4.69, 9.17) is 5.73 Å². The van der Waals surface area contributed by atoms with Crippen LogP contribution in [0.5, 0.6) is 5.75 Å². The standard InChI is InChI=1S/C30H37N5O8/c1-16(2)11-25(30(42)43)35-28(40)23(12-17-7-9-19(36)10-8-17)34-29(41)24(14-26(37)38)33-27(39)21(31)13-18-15-32-22-6-4-3-5-20(18)22/h3-10,15-16,21,23-25,32,36H,11-14,31H2,1-2H3,(H,33,39)(H,34,41)(H,35,40)(H,37,38)(H,42,43). The molecule has 1 aromatic heterocycles. The van der Waals surface area contributed by atoms with Crippen LogP contribution in [0, 0.1) is 5.92 Å². The van der Waals surface area contributed by atoms with E-state index in [1.807, 2.05) is 24.3 Å². The van der Waals surface area contributed by atoms with Gasteiger partial charge in [-0.3, -0.25) is 19.2 Å². The molecule has 0 saturated carbocycles. The number of carboxylic acid groups (broad SMARTS) is 2. The van der Waals surface area contributed by atoms with Gasteiger partial charge in [-0.1, -0.05) is 44.2 Å². The predicted molar refractivity (Wildman–Crippen MR) is 157 cm³/mol. The number of para-hydroxylation sites is 1. The van der Waals surface area contributed by atoms with Gasteiger partial charge in [0.15, 0.2) is 0 Å². The Morgan fingerprint density at radius 3 is 2.05 bits per heavy atom. The number of phenols is 1. The third kappa shape index (κ3) is 9.57. The number of phenolic OH excluding ortho intramolecular Hbond substituents is 1. The highest BCUT2D eigenvalue weighted by Gasteiger charge is 2.32. The molecule has 3 aromatic rings. The van der Waals surface area contributed by atoms with Crippen molar-refractivity contribution in [1.29, 1.82) is 0 Å². The summed E-state index contributed by atoms with van der Waals surface area (Å²) in [5.41, 5.74) is 8.26. The Bertz CT molecular complexity index is 1450. The Labute approximate surface area is 247 Å². The maximum absolute atomic E-state index is 13.3. The maximum atomic E-state index is 13.3. The lowest BCUT2D eigenvalue weighted by molar-refractivity contribution is -0.143. The van der Waals surface area contributed by atoms with Crippen molar-refractivity contribution in [1.82, 2.24) is 20.9 Å². The summed E-state index contributed by atoms with van der Waals surface area (Å²) in [6, 6.07) is 7.95. The van der Waals surface area contributed by atoms with E-state index in [1.54, 1.807) is 20.0 Å². The Hall–Kier alpha value is -4.91.